The Balaban J connectivity index is 1.37. The molecule has 36 nitrogen and oxygen atoms in total. The van der Waals surface area contributed by atoms with Gasteiger partial charge in [-0.3, -0.25) is 77.9 Å². The number of aliphatic hydroxyl groups is 5. The third-order valence-corrected chi connectivity index (χ3v) is 16.2. The van der Waals surface area contributed by atoms with Crippen LogP contribution in [-0.2, 0) is 54.5 Å². The zero-order chi connectivity index (χ0) is 75.6. The molecule has 1 saturated heterocycles. The van der Waals surface area contributed by atoms with Crippen LogP contribution in [0.5, 0.6) is 11.5 Å². The first kappa shape index (κ1) is 85.8. The van der Waals surface area contributed by atoms with Crippen LogP contribution in [0.2, 0.25) is 0 Å². The van der Waals surface area contributed by atoms with Gasteiger partial charge >= 0.3 is 23.9 Å². The number of aliphatic carboxylic acids is 3. The molecule has 9 amide bonds. The number of guanidine groups is 1. The zero-order valence-corrected chi connectivity index (χ0v) is 57.8. The Morgan fingerprint density at radius 1 is 0.534 bits per heavy atom. The summed E-state index contributed by atoms with van der Waals surface area (Å²) in [5, 5.41) is 112. The Morgan fingerprint density at radius 3 is 1.67 bits per heavy atom. The number of carboxylic acid groups (broad SMARTS) is 3. The third-order valence-electron chi connectivity index (χ3n) is 16.2. The Bertz CT molecular complexity index is 3180. The van der Waals surface area contributed by atoms with Gasteiger partial charge in [0.2, 0.25) is 41.4 Å². The van der Waals surface area contributed by atoms with Gasteiger partial charge in [-0.05, 0) is 73.1 Å². The number of carboxylic acids is 3. The highest BCUT2D eigenvalue weighted by Gasteiger charge is 2.32. The Hall–Kier alpha value is -9.66. The molecule has 4 rings (SSSR count). The Morgan fingerprint density at radius 2 is 1.08 bits per heavy atom. The van der Waals surface area contributed by atoms with Crippen molar-refractivity contribution >= 4 is 71.2 Å². The van der Waals surface area contributed by atoms with Crippen LogP contribution < -0.4 is 58.3 Å². The van der Waals surface area contributed by atoms with Gasteiger partial charge < -0.3 is 99.0 Å². The fourth-order valence-electron chi connectivity index (χ4n) is 10.5. The normalized spacial score (nSPS) is 15.7. The number of hydrogen-bond donors (Lipinski definition) is 19. The van der Waals surface area contributed by atoms with E-state index in [0.29, 0.717) is 41.7 Å². The molecule has 0 spiro atoms. The fourth-order valence-corrected chi connectivity index (χ4v) is 10.5. The summed E-state index contributed by atoms with van der Waals surface area (Å²) in [6.45, 7) is 0.00226. The lowest BCUT2D eigenvalue weighted by molar-refractivity contribution is -0.140. The lowest BCUT2D eigenvalue weighted by atomic mass is 9.90. The number of carbonyl (C=O) groups excluding carboxylic acids is 8. The maximum Gasteiger partial charge on any atom is 0.321 e. The first-order chi connectivity index (χ1) is 49.2. The molecule has 1 aliphatic rings. The van der Waals surface area contributed by atoms with E-state index in [1.807, 2.05) is 0 Å². The smallest absolute Gasteiger partial charge is 0.321 e. The molecule has 3 aromatic rings. The minimum atomic E-state index is -1.99. The van der Waals surface area contributed by atoms with Crippen LogP contribution in [0, 0.1) is 0 Å². The minimum Gasteiger partial charge on any atom is -0.508 e. The molecule has 1 unspecified atom stereocenters. The van der Waals surface area contributed by atoms with Crippen molar-refractivity contribution in [1.29, 1.82) is 0 Å². The number of rotatable bonds is 43. The highest BCUT2D eigenvalue weighted by molar-refractivity contribution is 5.95. The number of hydrogen-bond acceptors (Lipinski definition) is 23. The van der Waals surface area contributed by atoms with Crippen molar-refractivity contribution in [3.8, 4) is 11.5 Å². The van der Waals surface area contributed by atoms with Crippen molar-refractivity contribution in [1.82, 2.24) is 67.5 Å². The summed E-state index contributed by atoms with van der Waals surface area (Å²) in [4.78, 5) is 152. The number of unbranched alkanes of at least 4 members (excludes halogenated alkanes) is 1. The molecular formula is C67H101N15O21. The van der Waals surface area contributed by atoms with E-state index >= 15 is 0 Å². The molecule has 36 heteroatoms. The van der Waals surface area contributed by atoms with E-state index in [-0.39, 0.29) is 148 Å². The van der Waals surface area contributed by atoms with Gasteiger partial charge in [-0.25, -0.2) is 4.79 Å². The summed E-state index contributed by atoms with van der Waals surface area (Å²) in [6, 6.07) is 18.9. The van der Waals surface area contributed by atoms with E-state index < -0.39 is 141 Å². The van der Waals surface area contributed by atoms with Crippen molar-refractivity contribution in [2.45, 2.75) is 107 Å². The standard InChI is InChI=1S/C67H101N15O21/c1-2-53(87)70-25-26-73-67(102)78-66(68)72-23-9-14-49(64(100)75-37-44-15-17-47(84)18-16-44)77-65(101)60(45-10-4-3-5-11-45)46-12-8-13-48(36-46)103-35-7-6-22-69-55(89)21-24-71-63(99)50(19-20-54(88)74-38-51(85)61(97)62(98)52(86)43-83)76-56(90)39-79-27-29-80(40-57(91)92)31-33-82(42-59(95)96)34-32-81(30-28-79)41-58(93)94/h3-5,8,10-13,15-18,36,49-52,60-62,83-86,97-98H,2,6-7,9,14,19-35,37-43H2,1H3,(H,69,89)(H,70,87)(H,71,99)(H,74,88)(H,75,100)(H,76,90)(H,77,101)(H,91,92)(H,93,94)(H,95,96)(H4,68,72,73,78,102)/t49-,50+,51+,52-,60?,61-,62-/m1/s1. The van der Waals surface area contributed by atoms with Crippen LogP contribution in [0.25, 0.3) is 0 Å². The molecule has 20 N–H and O–H groups in total. The van der Waals surface area contributed by atoms with Gasteiger partial charge in [-0.2, -0.15) is 0 Å². The second-order valence-corrected chi connectivity index (χ2v) is 24.3. The number of urea groups is 1. The predicted molar refractivity (Wildman–Crippen MR) is 371 cm³/mol. The number of aliphatic hydroxyl groups excluding tert-OH is 5. The minimum absolute atomic E-state index is 0.0443. The average Bonchev–Trinajstić information content (AvgIpc) is 0.818. The molecule has 3 aromatic carbocycles. The number of aliphatic imine (C=N–C) groups is 1. The summed E-state index contributed by atoms with van der Waals surface area (Å²) >= 11 is 0. The van der Waals surface area contributed by atoms with Crippen LogP contribution in [0.15, 0.2) is 83.9 Å². The first-order valence-corrected chi connectivity index (χ1v) is 34.0. The number of nitrogens with one attached hydrogen (secondary N) is 9. The summed E-state index contributed by atoms with van der Waals surface area (Å²) in [5.41, 5.74) is 7.79. The Labute approximate surface area is 596 Å². The summed E-state index contributed by atoms with van der Waals surface area (Å²) in [7, 11) is 0. The van der Waals surface area contributed by atoms with Crippen molar-refractivity contribution in [3.63, 3.8) is 0 Å². The van der Waals surface area contributed by atoms with Crippen LogP contribution >= 0.6 is 0 Å². The number of phenolic OH excluding ortho intramolecular Hbond substituents is 1. The number of carbonyl (C=O) groups is 11. The molecule has 103 heavy (non-hydrogen) atoms. The molecular weight excluding hydrogens is 1350 g/mol. The van der Waals surface area contributed by atoms with E-state index in [1.54, 1.807) is 93.3 Å². The largest absolute Gasteiger partial charge is 0.508 e. The monoisotopic (exact) mass is 1450 g/mol. The van der Waals surface area contributed by atoms with Gasteiger partial charge in [0, 0.05) is 117 Å². The topological polar surface area (TPSA) is 539 Å². The number of ether oxygens (including phenoxy) is 1. The van der Waals surface area contributed by atoms with E-state index in [1.165, 1.54) is 12.1 Å². The SMILES string of the molecule is CCC(=O)NCCNC(=O)NC(N)=NCCC[C@@H](NC(=O)C(c1ccccc1)c1cccc(OCCCCNC(=O)CCNC(=O)[C@H](CCC(=O)NC[C@H](O)[C@@H](O)[C@H](O)[C@H](O)CO)NC(=O)CN2CCN(CC(=O)O)CCN(CC(=O)O)CCN(CC(=O)O)CC2)c1)C(=O)NCc1ccc(O)cc1. The molecule has 0 aliphatic carbocycles. The van der Waals surface area contributed by atoms with Gasteiger partial charge in [0.25, 0.3) is 0 Å². The van der Waals surface area contributed by atoms with Crippen LogP contribution in [0.4, 0.5) is 4.79 Å². The highest BCUT2D eigenvalue weighted by Crippen LogP contribution is 2.28. The maximum atomic E-state index is 14.6. The molecule has 0 radical (unpaired) electrons. The van der Waals surface area contributed by atoms with E-state index in [9.17, 15) is 93.6 Å². The molecule has 1 aliphatic heterocycles. The number of amides is 9. The molecule has 7 atom stereocenters. The number of aromatic hydroxyl groups is 1. The van der Waals surface area contributed by atoms with Crippen LogP contribution in [-0.4, -0.2) is 304 Å². The van der Waals surface area contributed by atoms with Crippen LogP contribution in [0.3, 0.4) is 0 Å². The van der Waals surface area contributed by atoms with Crippen molar-refractivity contribution in [3.05, 3.63) is 95.6 Å². The lowest BCUT2D eigenvalue weighted by Crippen LogP contribution is -2.52. The predicted octanol–water partition coefficient (Wildman–Crippen LogP) is -4.68. The van der Waals surface area contributed by atoms with Crippen molar-refractivity contribution in [2.24, 2.45) is 10.7 Å². The molecule has 0 aromatic heterocycles. The van der Waals surface area contributed by atoms with Gasteiger partial charge in [-0.15, -0.1) is 0 Å². The highest BCUT2D eigenvalue weighted by atomic mass is 16.5. The number of phenols is 1. The molecule has 1 fully saturated rings. The maximum absolute atomic E-state index is 14.6. The number of nitrogens with two attached hydrogens (primary N) is 1. The number of benzene rings is 3. The zero-order valence-electron chi connectivity index (χ0n) is 57.8. The molecule has 0 bridgehead atoms. The molecule has 570 valence electrons. The quantitative estimate of drug-likeness (QED) is 0.0144. The van der Waals surface area contributed by atoms with Gasteiger partial charge in [0.1, 0.15) is 41.9 Å². The number of nitrogens with zero attached hydrogens (tertiary/aromatic N) is 5. The van der Waals surface area contributed by atoms with Crippen molar-refractivity contribution < 1.29 is 103 Å². The van der Waals surface area contributed by atoms with Gasteiger partial charge in [-0.1, -0.05) is 61.5 Å². The van der Waals surface area contributed by atoms with E-state index in [2.05, 4.69) is 52.8 Å². The average molecular weight is 1450 g/mol. The molecule has 1 heterocycles. The van der Waals surface area contributed by atoms with Crippen molar-refractivity contribution in [2.75, 3.05) is 131 Å². The van der Waals surface area contributed by atoms with E-state index in [0.717, 1.165) is 0 Å². The van der Waals surface area contributed by atoms with Gasteiger partial charge in [0.15, 0.2) is 5.96 Å². The Kier molecular flexibility index (Phi) is 39.6. The third kappa shape index (κ3) is 35.2. The first-order valence-electron chi connectivity index (χ1n) is 34.0. The second kappa shape index (κ2) is 47.5. The summed E-state index contributed by atoms with van der Waals surface area (Å²) in [5.74, 6) is -8.04. The van der Waals surface area contributed by atoms with Crippen LogP contribution in [0.1, 0.15) is 80.9 Å². The lowest BCUT2D eigenvalue weighted by Gasteiger charge is -2.33. The van der Waals surface area contributed by atoms with E-state index in [4.69, 9.17) is 15.6 Å². The summed E-state index contributed by atoms with van der Waals surface area (Å²) in [6.07, 6.45) is -7.05. The van der Waals surface area contributed by atoms with Gasteiger partial charge in [0.05, 0.1) is 51.4 Å². The second-order valence-electron chi connectivity index (χ2n) is 24.3. The molecule has 0 saturated carbocycles. The fraction of sp³-hybridized carbons (Fsp3) is 0.552. The summed E-state index contributed by atoms with van der Waals surface area (Å²) < 4.78 is 6.11.